The van der Waals surface area contributed by atoms with E-state index >= 15 is 0 Å². The Labute approximate surface area is 116 Å². The maximum atomic E-state index is 11.7. The highest BCUT2D eigenvalue weighted by atomic mass is 35.5. The zero-order valence-electron chi connectivity index (χ0n) is 10.3. The van der Waals surface area contributed by atoms with Crippen molar-refractivity contribution in [2.24, 2.45) is 0 Å². The molecule has 0 radical (unpaired) electrons. The molecule has 2 rings (SSSR count). The van der Waals surface area contributed by atoms with Crippen LogP contribution in [0, 0.1) is 0 Å². The first-order valence-electron chi connectivity index (χ1n) is 5.91. The van der Waals surface area contributed by atoms with E-state index in [-0.39, 0.29) is 5.91 Å². The highest BCUT2D eigenvalue weighted by Gasteiger charge is 1.98. The zero-order chi connectivity index (χ0) is 13.5. The van der Waals surface area contributed by atoms with E-state index in [4.69, 9.17) is 11.6 Å². The molecule has 3 nitrogen and oxygen atoms in total. The maximum Gasteiger partial charge on any atom is 0.244 e. The van der Waals surface area contributed by atoms with Crippen molar-refractivity contribution in [3.63, 3.8) is 0 Å². The van der Waals surface area contributed by atoms with Crippen molar-refractivity contribution in [2.45, 2.75) is 6.54 Å². The number of H-pyrrole nitrogens is 1. The Bertz CT molecular complexity index is 582. The molecule has 0 unspecified atom stereocenters. The second-order valence-corrected chi connectivity index (χ2v) is 4.39. The van der Waals surface area contributed by atoms with Gasteiger partial charge in [0.15, 0.2) is 12.4 Å². The lowest BCUT2D eigenvalue weighted by Gasteiger charge is -2.01. The quantitative estimate of drug-likeness (QED) is 0.855. The zero-order valence-corrected chi connectivity index (χ0v) is 11.0. The number of carbonyl (C=O) groups is 1. The number of aromatic amines is 1. The van der Waals surface area contributed by atoms with Gasteiger partial charge in [-0.1, -0.05) is 29.8 Å². The van der Waals surface area contributed by atoms with Crippen LogP contribution in [-0.4, -0.2) is 5.91 Å². The number of amides is 1. The van der Waals surface area contributed by atoms with Gasteiger partial charge in [-0.2, -0.15) is 0 Å². The molecule has 0 aliphatic rings. The molecule has 1 heterocycles. The van der Waals surface area contributed by atoms with Gasteiger partial charge in [0, 0.05) is 29.8 Å². The van der Waals surface area contributed by atoms with Gasteiger partial charge in [0.1, 0.15) is 0 Å². The number of hydrogen-bond donors (Lipinski definition) is 1. The van der Waals surface area contributed by atoms with Crippen LogP contribution in [0.15, 0.2) is 54.9 Å². The average Bonchev–Trinajstić information content (AvgIpc) is 2.45. The van der Waals surface area contributed by atoms with Crippen LogP contribution in [0.4, 0.5) is 0 Å². The van der Waals surface area contributed by atoms with Gasteiger partial charge in [-0.05, 0) is 23.3 Å². The van der Waals surface area contributed by atoms with E-state index in [1.54, 1.807) is 12.1 Å². The van der Waals surface area contributed by atoms with Crippen molar-refractivity contribution in [1.29, 1.82) is 0 Å². The summed E-state index contributed by atoms with van der Waals surface area (Å²) >= 11 is 5.99. The van der Waals surface area contributed by atoms with Crippen LogP contribution in [0.3, 0.4) is 0 Å². The summed E-state index contributed by atoms with van der Waals surface area (Å²) < 4.78 is 0. The molecule has 2 N–H and O–H groups in total. The average molecular weight is 274 g/mol. The number of carbonyl (C=O) groups excluding carboxylic acids is 1. The standard InChI is InChI=1S/C15H13ClN2O/c16-14-4-2-1-3-13(14)5-6-15(19)18-11-12-7-9-17-10-8-12/h1-10H,11H2,(H,18,19)/p+1. The van der Waals surface area contributed by atoms with E-state index in [2.05, 4.69) is 10.3 Å². The number of halogens is 1. The van der Waals surface area contributed by atoms with Gasteiger partial charge in [-0.3, -0.25) is 4.79 Å². The minimum atomic E-state index is -0.146. The second kappa shape index (κ2) is 6.71. The smallest absolute Gasteiger partial charge is 0.244 e. The summed E-state index contributed by atoms with van der Waals surface area (Å²) in [4.78, 5) is 14.6. The number of aromatic nitrogens is 1. The van der Waals surface area contributed by atoms with E-state index in [9.17, 15) is 4.79 Å². The molecule has 0 bridgehead atoms. The molecule has 0 fully saturated rings. The predicted molar refractivity (Wildman–Crippen MR) is 75.3 cm³/mol. The molecule has 0 aliphatic heterocycles. The summed E-state index contributed by atoms with van der Waals surface area (Å²) in [6, 6.07) is 11.2. The van der Waals surface area contributed by atoms with Crippen LogP contribution in [0.5, 0.6) is 0 Å². The first-order chi connectivity index (χ1) is 9.25. The van der Waals surface area contributed by atoms with Gasteiger partial charge in [0.2, 0.25) is 5.91 Å². The molecule has 19 heavy (non-hydrogen) atoms. The number of rotatable bonds is 4. The van der Waals surface area contributed by atoms with Gasteiger partial charge in [0.25, 0.3) is 0 Å². The first-order valence-corrected chi connectivity index (χ1v) is 6.29. The Hall–Kier alpha value is -2.13. The van der Waals surface area contributed by atoms with Crippen LogP contribution in [0.2, 0.25) is 5.02 Å². The van der Waals surface area contributed by atoms with Crippen molar-refractivity contribution >= 4 is 23.6 Å². The van der Waals surface area contributed by atoms with E-state index in [0.29, 0.717) is 11.6 Å². The van der Waals surface area contributed by atoms with Crippen molar-refractivity contribution in [1.82, 2.24) is 5.32 Å². The Morgan fingerprint density at radius 3 is 2.68 bits per heavy atom. The summed E-state index contributed by atoms with van der Waals surface area (Å²) in [5.41, 5.74) is 1.87. The molecule has 0 saturated carbocycles. The van der Waals surface area contributed by atoms with Gasteiger partial charge >= 0.3 is 0 Å². The van der Waals surface area contributed by atoms with E-state index in [1.807, 2.05) is 42.7 Å². The molecular weight excluding hydrogens is 260 g/mol. The topological polar surface area (TPSA) is 43.2 Å². The number of hydrogen-bond acceptors (Lipinski definition) is 1. The molecule has 1 aromatic heterocycles. The van der Waals surface area contributed by atoms with E-state index < -0.39 is 0 Å². The predicted octanol–water partition coefficient (Wildman–Crippen LogP) is 2.48. The van der Waals surface area contributed by atoms with Crippen LogP contribution >= 0.6 is 11.6 Å². The third-order valence-corrected chi connectivity index (χ3v) is 2.92. The highest BCUT2D eigenvalue weighted by Crippen LogP contribution is 2.15. The summed E-state index contributed by atoms with van der Waals surface area (Å²) in [6.07, 6.45) is 6.83. The molecule has 0 saturated heterocycles. The lowest BCUT2D eigenvalue weighted by Crippen LogP contribution is -2.20. The van der Waals surface area contributed by atoms with Crippen molar-refractivity contribution in [3.05, 3.63) is 71.0 Å². The van der Waals surface area contributed by atoms with E-state index in [0.717, 1.165) is 11.1 Å². The number of pyridine rings is 1. The highest BCUT2D eigenvalue weighted by molar-refractivity contribution is 6.32. The summed E-state index contributed by atoms with van der Waals surface area (Å²) in [5.74, 6) is -0.146. The van der Waals surface area contributed by atoms with Gasteiger partial charge in [-0.15, -0.1) is 0 Å². The number of nitrogens with one attached hydrogen (secondary N) is 2. The first kappa shape index (κ1) is 13.3. The molecule has 2 aromatic rings. The molecular formula is C15H14ClN2O+. The third kappa shape index (κ3) is 4.23. The van der Waals surface area contributed by atoms with Crippen LogP contribution in [-0.2, 0) is 11.3 Å². The lowest BCUT2D eigenvalue weighted by molar-refractivity contribution is -0.378. The molecule has 1 amide bonds. The Morgan fingerprint density at radius 1 is 1.21 bits per heavy atom. The third-order valence-electron chi connectivity index (χ3n) is 2.57. The number of benzene rings is 1. The summed E-state index contributed by atoms with van der Waals surface area (Å²) in [7, 11) is 0. The lowest BCUT2D eigenvalue weighted by atomic mass is 10.2. The van der Waals surface area contributed by atoms with Gasteiger partial charge in [-0.25, -0.2) is 4.98 Å². The van der Waals surface area contributed by atoms with Crippen LogP contribution < -0.4 is 10.3 Å². The van der Waals surface area contributed by atoms with Gasteiger partial charge < -0.3 is 5.32 Å². The fourth-order valence-corrected chi connectivity index (χ4v) is 1.76. The minimum absolute atomic E-state index is 0.146. The Kier molecular flexibility index (Phi) is 4.70. The molecule has 1 aromatic carbocycles. The van der Waals surface area contributed by atoms with Crippen LogP contribution in [0.1, 0.15) is 11.1 Å². The van der Waals surface area contributed by atoms with Crippen molar-refractivity contribution in [2.75, 3.05) is 0 Å². The normalized spacial score (nSPS) is 10.6. The molecule has 0 atom stereocenters. The minimum Gasteiger partial charge on any atom is -0.348 e. The maximum absolute atomic E-state index is 11.7. The largest absolute Gasteiger partial charge is 0.348 e. The Balaban J connectivity index is 1.90. The Morgan fingerprint density at radius 2 is 1.95 bits per heavy atom. The SMILES string of the molecule is O=C(C=Cc1ccccc1Cl)NCc1cc[nH+]cc1. The van der Waals surface area contributed by atoms with Crippen molar-refractivity contribution in [3.8, 4) is 0 Å². The fourth-order valence-electron chi connectivity index (χ4n) is 1.56. The summed E-state index contributed by atoms with van der Waals surface area (Å²) in [5, 5.41) is 3.44. The molecule has 96 valence electrons. The molecule has 0 spiro atoms. The summed E-state index contributed by atoms with van der Waals surface area (Å²) in [6.45, 7) is 0.500. The van der Waals surface area contributed by atoms with Crippen molar-refractivity contribution < 1.29 is 9.78 Å². The monoisotopic (exact) mass is 273 g/mol. The van der Waals surface area contributed by atoms with Crippen LogP contribution in [0.25, 0.3) is 6.08 Å². The van der Waals surface area contributed by atoms with E-state index in [1.165, 1.54) is 6.08 Å². The molecule has 4 heteroatoms. The fraction of sp³-hybridized carbons (Fsp3) is 0.0667. The van der Waals surface area contributed by atoms with Gasteiger partial charge in [0.05, 0.1) is 0 Å². The molecule has 0 aliphatic carbocycles. The second-order valence-electron chi connectivity index (χ2n) is 3.98.